The standard InChI is InChI=1S/C20H25N5O4/c1-28-16-4-2-3-15(13-16)20(27)24-7-8-25-18(14-24)17(21-22-25)5-6-19(26)23-9-11-29-12-10-23/h2-4,13H,5-12,14H2,1H3. The lowest BCUT2D eigenvalue weighted by Gasteiger charge is -2.28. The Labute approximate surface area is 169 Å². The highest BCUT2D eigenvalue weighted by atomic mass is 16.5. The Morgan fingerprint density at radius 1 is 1.14 bits per heavy atom. The highest BCUT2D eigenvalue weighted by molar-refractivity contribution is 5.94. The van der Waals surface area contributed by atoms with Gasteiger partial charge in [0.05, 0.1) is 44.8 Å². The van der Waals surface area contributed by atoms with Crippen molar-refractivity contribution in [2.45, 2.75) is 25.9 Å². The van der Waals surface area contributed by atoms with Gasteiger partial charge in [-0.3, -0.25) is 9.59 Å². The third kappa shape index (κ3) is 4.24. The number of benzene rings is 1. The van der Waals surface area contributed by atoms with Crippen molar-refractivity contribution in [2.24, 2.45) is 0 Å². The molecule has 2 amide bonds. The Morgan fingerprint density at radius 2 is 1.97 bits per heavy atom. The fourth-order valence-electron chi connectivity index (χ4n) is 3.70. The van der Waals surface area contributed by atoms with E-state index in [0.29, 0.717) is 70.1 Å². The van der Waals surface area contributed by atoms with Crippen LogP contribution in [-0.4, -0.2) is 76.6 Å². The van der Waals surface area contributed by atoms with Crippen molar-refractivity contribution in [1.29, 1.82) is 0 Å². The van der Waals surface area contributed by atoms with Crippen LogP contribution >= 0.6 is 0 Å². The fraction of sp³-hybridized carbons (Fsp3) is 0.500. The van der Waals surface area contributed by atoms with E-state index in [9.17, 15) is 9.59 Å². The number of aromatic nitrogens is 3. The Balaban J connectivity index is 1.41. The number of amides is 2. The second kappa shape index (κ2) is 8.60. The van der Waals surface area contributed by atoms with Gasteiger partial charge in [0.15, 0.2) is 0 Å². The van der Waals surface area contributed by atoms with Gasteiger partial charge in [0.2, 0.25) is 5.91 Å². The molecule has 9 nitrogen and oxygen atoms in total. The van der Waals surface area contributed by atoms with E-state index < -0.39 is 0 Å². The van der Waals surface area contributed by atoms with E-state index in [1.165, 1.54) is 0 Å². The number of fused-ring (bicyclic) bond motifs is 1. The van der Waals surface area contributed by atoms with Gasteiger partial charge in [0.1, 0.15) is 5.75 Å². The predicted molar refractivity (Wildman–Crippen MR) is 103 cm³/mol. The molecule has 2 aliphatic heterocycles. The first kappa shape index (κ1) is 19.4. The zero-order valence-corrected chi connectivity index (χ0v) is 16.5. The van der Waals surface area contributed by atoms with Crippen LogP contribution in [0, 0.1) is 0 Å². The molecular weight excluding hydrogens is 374 g/mol. The van der Waals surface area contributed by atoms with E-state index in [1.807, 2.05) is 21.7 Å². The summed E-state index contributed by atoms with van der Waals surface area (Å²) in [5.41, 5.74) is 2.28. The maximum absolute atomic E-state index is 12.9. The van der Waals surface area contributed by atoms with Crippen LogP contribution in [0.25, 0.3) is 0 Å². The molecule has 4 rings (SSSR count). The van der Waals surface area contributed by atoms with E-state index in [2.05, 4.69) is 10.3 Å². The molecule has 0 radical (unpaired) electrons. The maximum Gasteiger partial charge on any atom is 0.254 e. The average Bonchev–Trinajstić information content (AvgIpc) is 3.19. The van der Waals surface area contributed by atoms with Crippen molar-refractivity contribution in [2.75, 3.05) is 40.0 Å². The minimum atomic E-state index is -0.0494. The fourth-order valence-corrected chi connectivity index (χ4v) is 3.70. The Morgan fingerprint density at radius 3 is 2.76 bits per heavy atom. The molecule has 154 valence electrons. The predicted octanol–water partition coefficient (Wildman–Crippen LogP) is 0.734. The second-order valence-corrected chi connectivity index (χ2v) is 7.16. The Hall–Kier alpha value is -2.94. The summed E-state index contributed by atoms with van der Waals surface area (Å²) >= 11 is 0. The van der Waals surface area contributed by atoms with Crippen LogP contribution in [0.1, 0.15) is 28.2 Å². The molecular formula is C20H25N5O4. The lowest BCUT2D eigenvalue weighted by atomic mass is 10.1. The van der Waals surface area contributed by atoms with Gasteiger partial charge in [-0.15, -0.1) is 5.10 Å². The van der Waals surface area contributed by atoms with Gasteiger partial charge in [-0.2, -0.15) is 0 Å². The quantitative estimate of drug-likeness (QED) is 0.737. The molecule has 0 saturated carbocycles. The first-order chi connectivity index (χ1) is 14.2. The minimum Gasteiger partial charge on any atom is -0.497 e. The molecule has 3 heterocycles. The Kier molecular flexibility index (Phi) is 5.75. The number of aryl methyl sites for hydroxylation is 1. The van der Waals surface area contributed by atoms with Gasteiger partial charge in [-0.25, -0.2) is 4.68 Å². The van der Waals surface area contributed by atoms with Crippen molar-refractivity contribution in [1.82, 2.24) is 24.8 Å². The highest BCUT2D eigenvalue weighted by Gasteiger charge is 2.26. The largest absolute Gasteiger partial charge is 0.497 e. The van der Waals surface area contributed by atoms with Crippen LogP contribution in [-0.2, 0) is 29.0 Å². The van der Waals surface area contributed by atoms with Gasteiger partial charge in [0.25, 0.3) is 5.91 Å². The summed E-state index contributed by atoms with van der Waals surface area (Å²) in [6.07, 6.45) is 0.905. The van der Waals surface area contributed by atoms with Crippen molar-refractivity contribution >= 4 is 11.8 Å². The van der Waals surface area contributed by atoms with Crippen LogP contribution in [0.5, 0.6) is 5.75 Å². The minimum absolute atomic E-state index is 0.0494. The number of rotatable bonds is 5. The number of hydrogen-bond acceptors (Lipinski definition) is 6. The molecule has 0 atom stereocenters. The zero-order chi connectivity index (χ0) is 20.2. The van der Waals surface area contributed by atoms with E-state index in [0.717, 1.165) is 11.4 Å². The third-order valence-electron chi connectivity index (χ3n) is 5.38. The molecule has 0 spiro atoms. The van der Waals surface area contributed by atoms with Gasteiger partial charge < -0.3 is 19.3 Å². The van der Waals surface area contributed by atoms with Crippen molar-refractivity contribution in [3.05, 3.63) is 41.2 Å². The maximum atomic E-state index is 12.9. The molecule has 0 aliphatic carbocycles. The summed E-state index contributed by atoms with van der Waals surface area (Å²) in [4.78, 5) is 29.0. The van der Waals surface area contributed by atoms with Crippen LogP contribution in [0.2, 0.25) is 0 Å². The van der Waals surface area contributed by atoms with E-state index in [-0.39, 0.29) is 11.8 Å². The van der Waals surface area contributed by atoms with Gasteiger partial charge >= 0.3 is 0 Å². The molecule has 1 aromatic heterocycles. The lowest BCUT2D eigenvalue weighted by molar-refractivity contribution is -0.135. The Bertz CT molecular complexity index is 891. The normalized spacial score (nSPS) is 16.4. The lowest BCUT2D eigenvalue weighted by Crippen LogP contribution is -2.41. The zero-order valence-electron chi connectivity index (χ0n) is 16.5. The van der Waals surface area contributed by atoms with Crippen LogP contribution < -0.4 is 4.74 Å². The van der Waals surface area contributed by atoms with Crippen molar-refractivity contribution in [3.63, 3.8) is 0 Å². The third-order valence-corrected chi connectivity index (χ3v) is 5.38. The van der Waals surface area contributed by atoms with Gasteiger partial charge in [-0.1, -0.05) is 11.3 Å². The SMILES string of the molecule is COc1cccc(C(=O)N2CCn3nnc(CCC(=O)N4CCOCC4)c3C2)c1. The molecule has 29 heavy (non-hydrogen) atoms. The number of carbonyl (C=O) groups is 2. The molecule has 1 fully saturated rings. The number of ether oxygens (including phenoxy) is 2. The number of carbonyl (C=O) groups excluding carboxylic acids is 2. The average molecular weight is 399 g/mol. The van der Waals surface area contributed by atoms with Crippen LogP contribution in [0.4, 0.5) is 0 Å². The molecule has 2 aliphatic rings. The number of methoxy groups -OCH3 is 1. The molecule has 0 bridgehead atoms. The van der Waals surface area contributed by atoms with E-state index >= 15 is 0 Å². The van der Waals surface area contributed by atoms with Crippen molar-refractivity contribution < 1.29 is 19.1 Å². The van der Waals surface area contributed by atoms with Crippen LogP contribution in [0.3, 0.4) is 0 Å². The molecule has 9 heteroatoms. The topological polar surface area (TPSA) is 89.8 Å². The van der Waals surface area contributed by atoms with Gasteiger partial charge in [0, 0.05) is 38.0 Å². The number of nitrogens with zero attached hydrogens (tertiary/aromatic N) is 5. The van der Waals surface area contributed by atoms with Crippen molar-refractivity contribution in [3.8, 4) is 5.75 Å². The molecule has 1 saturated heterocycles. The highest BCUT2D eigenvalue weighted by Crippen LogP contribution is 2.20. The first-order valence-electron chi connectivity index (χ1n) is 9.86. The summed E-state index contributed by atoms with van der Waals surface area (Å²) < 4.78 is 12.4. The van der Waals surface area contributed by atoms with Gasteiger partial charge in [-0.05, 0) is 18.2 Å². The summed E-state index contributed by atoms with van der Waals surface area (Å²) in [7, 11) is 1.58. The summed E-state index contributed by atoms with van der Waals surface area (Å²) in [6, 6.07) is 7.16. The molecule has 1 aromatic carbocycles. The monoisotopic (exact) mass is 399 g/mol. The summed E-state index contributed by atoms with van der Waals surface area (Å²) in [6.45, 7) is 4.06. The summed E-state index contributed by atoms with van der Waals surface area (Å²) in [5.74, 6) is 0.712. The second-order valence-electron chi connectivity index (χ2n) is 7.16. The molecule has 0 N–H and O–H groups in total. The van der Waals surface area contributed by atoms with E-state index in [4.69, 9.17) is 9.47 Å². The molecule has 0 unspecified atom stereocenters. The van der Waals surface area contributed by atoms with Crippen LogP contribution in [0.15, 0.2) is 24.3 Å². The molecule has 2 aromatic rings. The summed E-state index contributed by atoms with van der Waals surface area (Å²) in [5, 5.41) is 8.47. The first-order valence-corrected chi connectivity index (χ1v) is 9.86. The van der Waals surface area contributed by atoms with E-state index in [1.54, 1.807) is 24.1 Å². The smallest absolute Gasteiger partial charge is 0.254 e. The number of hydrogen-bond donors (Lipinski definition) is 0. The number of morpholine rings is 1.